The smallest absolute Gasteiger partial charge is 0.330 e. The fourth-order valence-electron chi connectivity index (χ4n) is 3.92. The molecule has 2 amide bonds. The van der Waals surface area contributed by atoms with E-state index in [4.69, 9.17) is 33.1 Å². The zero-order valence-electron chi connectivity index (χ0n) is 22.0. The van der Waals surface area contributed by atoms with Crippen LogP contribution in [-0.4, -0.2) is 44.9 Å². The summed E-state index contributed by atoms with van der Waals surface area (Å²) in [6.07, 6.45) is 3.23. The van der Waals surface area contributed by atoms with Crippen molar-refractivity contribution in [3.8, 4) is 0 Å². The molecule has 0 aliphatic heterocycles. The van der Waals surface area contributed by atoms with Gasteiger partial charge >= 0.3 is 5.97 Å². The largest absolute Gasteiger partial charge is 0.463 e. The molecule has 0 aromatic heterocycles. The Morgan fingerprint density at radius 2 is 1.49 bits per heavy atom. The van der Waals surface area contributed by atoms with Gasteiger partial charge in [0, 0.05) is 12.5 Å². The lowest BCUT2D eigenvalue weighted by Gasteiger charge is -2.23. The van der Waals surface area contributed by atoms with Gasteiger partial charge in [0.25, 0.3) is 5.91 Å². The molecule has 0 radical (unpaired) electrons. The second kappa shape index (κ2) is 14.8. The number of carbonyl (C=O) groups is 3. The number of nitrogens with one attached hydrogen (secondary N) is 2. The summed E-state index contributed by atoms with van der Waals surface area (Å²) in [4.78, 5) is 38.4. The maximum atomic E-state index is 13.6. The minimum Gasteiger partial charge on any atom is -0.463 e. The number of halogens is 2. The Kier molecular flexibility index (Phi) is 11.5. The third-order valence-corrected chi connectivity index (χ3v) is 7.54. The number of carbonyl (C=O) groups excluding carboxylic acids is 3. The van der Waals surface area contributed by atoms with Crippen molar-refractivity contribution in [2.75, 3.05) is 6.61 Å². The van der Waals surface area contributed by atoms with Gasteiger partial charge in [0.2, 0.25) is 15.9 Å². The van der Waals surface area contributed by atoms with Crippen molar-refractivity contribution in [1.29, 1.82) is 0 Å². The Labute approximate surface area is 248 Å². The SMILES string of the molecule is CCOC(=O)/C=C/C(Cc1ccccc1)NC(=O)C(Cc1ccccc1)NC(=O)c1cc(S(N)(=O)=O)c(Cl)cc1Cl. The molecule has 41 heavy (non-hydrogen) atoms. The molecular formula is C29H29Cl2N3O6S. The fraction of sp³-hybridized carbons (Fsp3) is 0.207. The number of hydrogen-bond donors (Lipinski definition) is 3. The third-order valence-electron chi connectivity index (χ3n) is 5.85. The molecule has 3 aromatic rings. The van der Waals surface area contributed by atoms with Crippen molar-refractivity contribution in [2.24, 2.45) is 5.14 Å². The highest BCUT2D eigenvalue weighted by atomic mass is 35.5. The summed E-state index contributed by atoms with van der Waals surface area (Å²) < 4.78 is 28.9. The molecule has 12 heteroatoms. The van der Waals surface area contributed by atoms with Crippen LogP contribution in [0.3, 0.4) is 0 Å². The molecule has 3 aromatic carbocycles. The van der Waals surface area contributed by atoms with E-state index in [0.29, 0.717) is 6.42 Å². The van der Waals surface area contributed by atoms with Gasteiger partial charge in [-0.15, -0.1) is 0 Å². The van der Waals surface area contributed by atoms with Gasteiger partial charge in [0.15, 0.2) is 0 Å². The number of ether oxygens (including phenoxy) is 1. The molecule has 4 N–H and O–H groups in total. The number of amides is 2. The zero-order valence-corrected chi connectivity index (χ0v) is 24.4. The first kappa shape index (κ1) is 31.8. The van der Waals surface area contributed by atoms with Gasteiger partial charge in [-0.25, -0.2) is 18.4 Å². The number of nitrogens with two attached hydrogens (primary N) is 1. The Balaban J connectivity index is 1.91. The Morgan fingerprint density at radius 1 is 0.902 bits per heavy atom. The lowest BCUT2D eigenvalue weighted by atomic mass is 10.0. The van der Waals surface area contributed by atoms with Gasteiger partial charge in [0.05, 0.1) is 28.3 Å². The van der Waals surface area contributed by atoms with Crippen LogP contribution in [0.2, 0.25) is 10.0 Å². The quantitative estimate of drug-likeness (QED) is 0.208. The maximum absolute atomic E-state index is 13.6. The average Bonchev–Trinajstić information content (AvgIpc) is 2.92. The summed E-state index contributed by atoms with van der Waals surface area (Å²) in [6.45, 7) is 1.88. The van der Waals surface area contributed by atoms with E-state index < -0.39 is 44.8 Å². The van der Waals surface area contributed by atoms with E-state index in [1.807, 2.05) is 36.4 Å². The lowest BCUT2D eigenvalue weighted by molar-refractivity contribution is -0.137. The van der Waals surface area contributed by atoms with Crippen LogP contribution in [0.1, 0.15) is 28.4 Å². The van der Waals surface area contributed by atoms with Gasteiger partial charge in [-0.1, -0.05) is 89.9 Å². The second-order valence-electron chi connectivity index (χ2n) is 8.94. The molecular weight excluding hydrogens is 589 g/mol. The summed E-state index contributed by atoms with van der Waals surface area (Å²) in [5, 5.41) is 10.4. The van der Waals surface area contributed by atoms with Crippen LogP contribution in [-0.2, 0) is 37.2 Å². The minimum atomic E-state index is -4.26. The first-order valence-electron chi connectivity index (χ1n) is 12.5. The highest BCUT2D eigenvalue weighted by molar-refractivity contribution is 7.89. The van der Waals surface area contributed by atoms with Crippen molar-refractivity contribution in [1.82, 2.24) is 10.6 Å². The van der Waals surface area contributed by atoms with Gasteiger partial charge in [-0.2, -0.15) is 0 Å². The third kappa shape index (κ3) is 9.72. The van der Waals surface area contributed by atoms with Crippen LogP contribution in [0.25, 0.3) is 0 Å². The van der Waals surface area contributed by atoms with Crippen LogP contribution < -0.4 is 15.8 Å². The molecule has 2 unspecified atom stereocenters. The van der Waals surface area contributed by atoms with E-state index in [-0.39, 0.29) is 28.6 Å². The van der Waals surface area contributed by atoms with Gasteiger partial charge in [-0.05, 0) is 36.6 Å². The van der Waals surface area contributed by atoms with E-state index in [0.717, 1.165) is 23.3 Å². The molecule has 3 rings (SSSR count). The summed E-state index contributed by atoms with van der Waals surface area (Å²) in [6, 6.07) is 18.6. The van der Waals surface area contributed by atoms with Crippen LogP contribution >= 0.6 is 23.2 Å². The summed E-state index contributed by atoms with van der Waals surface area (Å²) >= 11 is 12.2. The number of hydrogen-bond acceptors (Lipinski definition) is 6. The second-order valence-corrected chi connectivity index (χ2v) is 11.3. The van der Waals surface area contributed by atoms with Crippen LogP contribution in [0, 0.1) is 0 Å². The van der Waals surface area contributed by atoms with E-state index in [2.05, 4.69) is 10.6 Å². The van der Waals surface area contributed by atoms with Crippen molar-refractivity contribution < 1.29 is 27.5 Å². The predicted octanol–water partition coefficient (Wildman–Crippen LogP) is 3.83. The predicted molar refractivity (Wildman–Crippen MR) is 157 cm³/mol. The molecule has 0 heterocycles. The molecule has 0 aliphatic carbocycles. The zero-order chi connectivity index (χ0) is 30.0. The summed E-state index contributed by atoms with van der Waals surface area (Å²) in [5.74, 6) is -1.92. The lowest BCUT2D eigenvalue weighted by Crippen LogP contribution is -2.51. The molecule has 0 fully saturated rings. The fourth-order valence-corrected chi connectivity index (χ4v) is 5.32. The molecule has 0 saturated heterocycles. The van der Waals surface area contributed by atoms with Gasteiger partial charge < -0.3 is 15.4 Å². The van der Waals surface area contributed by atoms with Gasteiger partial charge in [0.1, 0.15) is 10.9 Å². The standard InChI is InChI=1S/C29H29Cl2N3O6S/c1-2-40-27(35)14-13-21(15-19-9-5-3-6-10-19)33-29(37)25(16-20-11-7-4-8-12-20)34-28(36)22-17-26(41(32,38)39)24(31)18-23(22)30/h3-14,17-18,21,25H,2,15-16H2,1H3,(H,33,37)(H,34,36)(H2,32,38,39)/b14-13+. The molecule has 0 saturated carbocycles. The first-order valence-corrected chi connectivity index (χ1v) is 14.8. The Hall–Kier alpha value is -3.70. The van der Waals surface area contributed by atoms with E-state index >= 15 is 0 Å². The van der Waals surface area contributed by atoms with Crippen molar-refractivity contribution in [3.05, 3.63) is 112 Å². The summed E-state index contributed by atoms with van der Waals surface area (Å²) in [5.41, 5.74) is 1.43. The van der Waals surface area contributed by atoms with Crippen LogP contribution in [0.4, 0.5) is 0 Å². The maximum Gasteiger partial charge on any atom is 0.330 e. The highest BCUT2D eigenvalue weighted by Gasteiger charge is 2.26. The van der Waals surface area contributed by atoms with E-state index in [9.17, 15) is 22.8 Å². The first-order chi connectivity index (χ1) is 19.5. The molecule has 9 nitrogen and oxygen atoms in total. The minimum absolute atomic E-state index is 0.102. The molecule has 0 bridgehead atoms. The summed E-state index contributed by atoms with van der Waals surface area (Å²) in [7, 11) is -4.26. The van der Waals surface area contributed by atoms with Crippen molar-refractivity contribution >= 4 is 51.0 Å². The van der Waals surface area contributed by atoms with E-state index in [1.165, 1.54) is 12.2 Å². The Morgan fingerprint density at radius 3 is 2.05 bits per heavy atom. The number of rotatable bonds is 12. The monoisotopic (exact) mass is 617 g/mol. The molecule has 216 valence electrons. The average molecular weight is 619 g/mol. The Bertz CT molecular complexity index is 1520. The number of primary sulfonamides is 1. The number of sulfonamides is 1. The number of esters is 1. The van der Waals surface area contributed by atoms with Crippen molar-refractivity contribution in [2.45, 2.75) is 36.7 Å². The van der Waals surface area contributed by atoms with Crippen LogP contribution in [0.15, 0.2) is 89.8 Å². The topological polar surface area (TPSA) is 145 Å². The highest BCUT2D eigenvalue weighted by Crippen LogP contribution is 2.28. The normalized spacial score (nSPS) is 12.9. The van der Waals surface area contributed by atoms with Gasteiger partial charge in [-0.3, -0.25) is 9.59 Å². The molecule has 2 atom stereocenters. The van der Waals surface area contributed by atoms with Crippen molar-refractivity contribution in [3.63, 3.8) is 0 Å². The molecule has 0 spiro atoms. The molecule has 0 aliphatic rings. The van der Waals surface area contributed by atoms with E-state index in [1.54, 1.807) is 31.2 Å². The number of benzene rings is 3. The van der Waals surface area contributed by atoms with Crippen LogP contribution in [0.5, 0.6) is 0 Å².